The van der Waals surface area contributed by atoms with E-state index in [9.17, 15) is 4.79 Å². The van der Waals surface area contributed by atoms with Crippen molar-refractivity contribution >= 4 is 28.6 Å². The molecule has 0 radical (unpaired) electrons. The maximum Gasteiger partial charge on any atom is 0.303 e. The third-order valence-corrected chi connectivity index (χ3v) is 3.37. The first-order chi connectivity index (χ1) is 7.63. The van der Waals surface area contributed by atoms with E-state index >= 15 is 0 Å². The second-order valence-electron chi connectivity index (χ2n) is 4.54. The molecule has 2 nitrogen and oxygen atoms in total. The van der Waals surface area contributed by atoms with Crippen molar-refractivity contribution in [1.29, 1.82) is 0 Å². The van der Waals surface area contributed by atoms with Gasteiger partial charge in [-0.3, -0.25) is 4.79 Å². The molecule has 0 aliphatic heterocycles. The van der Waals surface area contributed by atoms with Crippen LogP contribution in [0.25, 0.3) is 0 Å². The van der Waals surface area contributed by atoms with Gasteiger partial charge in [-0.05, 0) is 12.8 Å². The van der Waals surface area contributed by atoms with Crippen molar-refractivity contribution in [2.45, 2.75) is 75.1 Å². The van der Waals surface area contributed by atoms with Crippen LogP contribution in [0.1, 0.15) is 71.1 Å². The van der Waals surface area contributed by atoms with E-state index < -0.39 is 5.97 Å². The number of rotatable bonds is 11. The Hall–Kier alpha value is 0.200. The number of carbonyl (C=O) groups is 1. The Kier molecular flexibility index (Phi) is 11.8. The zero-order chi connectivity index (χ0) is 12.2. The minimum absolute atomic E-state index is 0.341. The first-order valence-electron chi connectivity index (χ1n) is 6.49. The zero-order valence-corrected chi connectivity index (χ0v) is 12.5. The second kappa shape index (κ2) is 11.7. The van der Waals surface area contributed by atoms with E-state index in [1.807, 2.05) is 0 Å². The van der Waals surface area contributed by atoms with Gasteiger partial charge in [-0.25, -0.2) is 0 Å². The van der Waals surface area contributed by atoms with Crippen molar-refractivity contribution in [3.8, 4) is 0 Å². The average molecular weight is 340 g/mol. The lowest BCUT2D eigenvalue weighted by atomic mass is 10.1. The summed E-state index contributed by atoms with van der Waals surface area (Å²) in [6.45, 7) is 2.27. The lowest BCUT2D eigenvalue weighted by molar-refractivity contribution is -0.137. The van der Waals surface area contributed by atoms with Crippen LogP contribution in [-0.4, -0.2) is 15.0 Å². The Morgan fingerprint density at radius 2 is 1.44 bits per heavy atom. The lowest BCUT2D eigenvalue weighted by Crippen LogP contribution is -1.93. The first kappa shape index (κ1) is 16.2. The van der Waals surface area contributed by atoms with Crippen LogP contribution in [0.2, 0.25) is 0 Å². The van der Waals surface area contributed by atoms with Crippen LogP contribution in [0.5, 0.6) is 0 Å². The van der Waals surface area contributed by atoms with E-state index in [1.54, 1.807) is 0 Å². The molecule has 0 amide bonds. The molecule has 0 aliphatic carbocycles. The summed E-state index contributed by atoms with van der Waals surface area (Å²) in [5.41, 5.74) is 0. The number of unbranched alkanes of at least 4 members (excludes halogenated alkanes) is 7. The van der Waals surface area contributed by atoms with Crippen molar-refractivity contribution < 1.29 is 9.90 Å². The summed E-state index contributed by atoms with van der Waals surface area (Å²) in [5, 5.41) is 8.46. The van der Waals surface area contributed by atoms with Crippen LogP contribution < -0.4 is 0 Å². The molecule has 16 heavy (non-hydrogen) atoms. The molecule has 0 aliphatic rings. The van der Waals surface area contributed by atoms with Gasteiger partial charge in [0.1, 0.15) is 0 Å². The highest BCUT2D eigenvalue weighted by Crippen LogP contribution is 2.13. The largest absolute Gasteiger partial charge is 0.481 e. The predicted octanol–water partition coefficient (Wildman–Crippen LogP) is 4.80. The fourth-order valence-electron chi connectivity index (χ4n) is 1.76. The third-order valence-electron chi connectivity index (χ3n) is 2.74. The molecule has 0 fully saturated rings. The predicted molar refractivity (Wildman–Crippen MR) is 77.3 cm³/mol. The molecule has 1 N–H and O–H groups in total. The molecule has 0 bridgehead atoms. The molecule has 0 saturated heterocycles. The molecule has 1 unspecified atom stereocenters. The standard InChI is InChI=1S/C13H25IO2/c1-12(14)10-8-6-4-2-3-5-7-9-11-13(15)16/h12H,2-11H2,1H3,(H,15,16). The highest BCUT2D eigenvalue weighted by atomic mass is 127. The van der Waals surface area contributed by atoms with Gasteiger partial charge < -0.3 is 5.11 Å². The zero-order valence-electron chi connectivity index (χ0n) is 10.4. The molecule has 0 spiro atoms. The summed E-state index contributed by atoms with van der Waals surface area (Å²) in [7, 11) is 0. The number of hydrogen-bond donors (Lipinski definition) is 1. The highest BCUT2D eigenvalue weighted by molar-refractivity contribution is 14.1. The van der Waals surface area contributed by atoms with Crippen LogP contribution in [0.15, 0.2) is 0 Å². The number of alkyl halides is 1. The van der Waals surface area contributed by atoms with Crippen LogP contribution in [0.3, 0.4) is 0 Å². The second-order valence-corrected chi connectivity index (χ2v) is 6.67. The average Bonchev–Trinajstić information content (AvgIpc) is 2.20. The first-order valence-corrected chi connectivity index (χ1v) is 7.73. The topological polar surface area (TPSA) is 37.3 Å². The molecule has 96 valence electrons. The van der Waals surface area contributed by atoms with Gasteiger partial charge in [0.2, 0.25) is 0 Å². The number of hydrogen-bond acceptors (Lipinski definition) is 1. The maximum absolute atomic E-state index is 10.3. The molecule has 3 heteroatoms. The van der Waals surface area contributed by atoms with Crippen molar-refractivity contribution in [3.05, 3.63) is 0 Å². The van der Waals surface area contributed by atoms with Gasteiger partial charge in [-0.1, -0.05) is 74.5 Å². The number of halogens is 1. The smallest absolute Gasteiger partial charge is 0.303 e. The van der Waals surface area contributed by atoms with Crippen molar-refractivity contribution in [3.63, 3.8) is 0 Å². The maximum atomic E-state index is 10.3. The highest BCUT2D eigenvalue weighted by Gasteiger charge is 1.97. The summed E-state index contributed by atoms with van der Waals surface area (Å²) in [5.74, 6) is -0.659. The number of aliphatic carboxylic acids is 1. The minimum Gasteiger partial charge on any atom is -0.481 e. The van der Waals surface area contributed by atoms with Gasteiger partial charge in [0.15, 0.2) is 0 Å². The molecular weight excluding hydrogens is 315 g/mol. The third kappa shape index (κ3) is 14.2. The van der Waals surface area contributed by atoms with Crippen LogP contribution in [-0.2, 0) is 4.79 Å². The molecule has 0 aromatic carbocycles. The quantitative estimate of drug-likeness (QED) is 0.333. The van der Waals surface area contributed by atoms with Crippen molar-refractivity contribution in [1.82, 2.24) is 0 Å². The summed E-state index contributed by atoms with van der Waals surface area (Å²) < 4.78 is 0.814. The fraction of sp³-hybridized carbons (Fsp3) is 0.923. The summed E-state index contributed by atoms with van der Waals surface area (Å²) in [6.07, 6.45) is 11.5. The Morgan fingerprint density at radius 1 is 1.00 bits per heavy atom. The van der Waals surface area contributed by atoms with E-state index in [4.69, 9.17) is 5.11 Å². The van der Waals surface area contributed by atoms with Crippen LogP contribution >= 0.6 is 22.6 Å². The SMILES string of the molecule is CC(I)CCCCCCCCCCC(=O)O. The van der Waals surface area contributed by atoms with Gasteiger partial charge in [-0.15, -0.1) is 0 Å². The summed E-state index contributed by atoms with van der Waals surface area (Å²) in [6, 6.07) is 0. The Bertz CT molecular complexity index is 169. The van der Waals surface area contributed by atoms with Crippen molar-refractivity contribution in [2.24, 2.45) is 0 Å². The monoisotopic (exact) mass is 340 g/mol. The molecule has 0 saturated carbocycles. The number of carboxylic acid groups (broad SMARTS) is 1. The van der Waals surface area contributed by atoms with E-state index in [2.05, 4.69) is 29.5 Å². The Morgan fingerprint density at radius 3 is 1.88 bits per heavy atom. The van der Waals surface area contributed by atoms with Gasteiger partial charge >= 0.3 is 5.97 Å². The molecular formula is C13H25IO2. The van der Waals surface area contributed by atoms with Crippen LogP contribution in [0.4, 0.5) is 0 Å². The van der Waals surface area contributed by atoms with E-state index in [0.29, 0.717) is 6.42 Å². The molecule has 1 atom stereocenters. The molecule has 0 rings (SSSR count). The Balaban J connectivity index is 2.96. The van der Waals surface area contributed by atoms with Gasteiger partial charge in [0.05, 0.1) is 0 Å². The molecule has 0 aromatic rings. The molecule has 0 heterocycles. The normalized spacial score (nSPS) is 12.6. The summed E-state index contributed by atoms with van der Waals surface area (Å²) >= 11 is 2.48. The van der Waals surface area contributed by atoms with Crippen molar-refractivity contribution in [2.75, 3.05) is 0 Å². The van der Waals surface area contributed by atoms with Gasteiger partial charge in [0, 0.05) is 10.3 Å². The number of carboxylic acids is 1. The van der Waals surface area contributed by atoms with E-state index in [0.717, 1.165) is 16.8 Å². The Labute approximate surface area is 113 Å². The fourth-order valence-corrected chi connectivity index (χ4v) is 2.20. The van der Waals surface area contributed by atoms with E-state index in [-0.39, 0.29) is 0 Å². The van der Waals surface area contributed by atoms with Gasteiger partial charge in [-0.2, -0.15) is 0 Å². The molecule has 0 aromatic heterocycles. The van der Waals surface area contributed by atoms with E-state index in [1.165, 1.54) is 44.9 Å². The summed E-state index contributed by atoms with van der Waals surface area (Å²) in [4.78, 5) is 10.3. The van der Waals surface area contributed by atoms with Gasteiger partial charge in [0.25, 0.3) is 0 Å². The lowest BCUT2D eigenvalue weighted by Gasteiger charge is -2.03. The van der Waals surface area contributed by atoms with Crippen LogP contribution in [0, 0.1) is 0 Å². The minimum atomic E-state index is -0.659.